The number of hydrogen-bond acceptors (Lipinski definition) is 1. The van der Waals surface area contributed by atoms with Gasteiger partial charge in [0.1, 0.15) is 0 Å². The van der Waals surface area contributed by atoms with Gasteiger partial charge in [-0.05, 0) is 62.0 Å². The van der Waals surface area contributed by atoms with Crippen molar-refractivity contribution in [3.05, 3.63) is 114 Å². The van der Waals surface area contributed by atoms with Crippen LogP contribution in [-0.2, 0) is 5.41 Å². The van der Waals surface area contributed by atoms with Gasteiger partial charge in [0.25, 0.3) is 0 Å². The Hall–Kier alpha value is -3.84. The maximum Gasteiger partial charge on any atom is 0.0397 e. The molecule has 0 aliphatic heterocycles. The summed E-state index contributed by atoms with van der Waals surface area (Å²) in [5, 5.41) is 2.38. The fraction of sp³-hybridized carbons (Fsp3) is 0.0968. The first-order valence-corrected chi connectivity index (χ1v) is 11.2. The molecular formula is C31H25N. The Morgan fingerprint density at radius 3 is 1.81 bits per heavy atom. The third-order valence-electron chi connectivity index (χ3n) is 7.04. The average Bonchev–Trinajstić information content (AvgIpc) is 3.06. The molecule has 1 aliphatic carbocycles. The summed E-state index contributed by atoms with van der Waals surface area (Å²) < 4.78 is 0. The second-order valence-electron chi connectivity index (χ2n) is 9.26. The third-order valence-corrected chi connectivity index (χ3v) is 7.04. The van der Waals surface area contributed by atoms with Crippen molar-refractivity contribution < 1.29 is 0 Å². The average molecular weight is 412 g/mol. The Kier molecular flexibility index (Phi) is 4.03. The Balaban J connectivity index is 1.48. The molecule has 0 aromatic heterocycles. The fourth-order valence-electron chi connectivity index (χ4n) is 5.28. The lowest BCUT2D eigenvalue weighted by Gasteiger charge is -2.22. The molecule has 154 valence electrons. The van der Waals surface area contributed by atoms with Gasteiger partial charge < -0.3 is 5.73 Å². The standard InChI is InChI=1S/C31H25N/c1-31(2)27-18-23(22-14-12-21(13-15-22)20-8-4-3-5-9-20)16-17-26(27)30-25-11-7-6-10-24(25)29(32)19-28(30)31/h3-19H,32H2,1-2H3. The molecule has 0 radical (unpaired) electrons. The summed E-state index contributed by atoms with van der Waals surface area (Å²) in [7, 11) is 0. The SMILES string of the molecule is CC1(C)c2cc(-c3ccc(-c4ccccc4)cc3)ccc2-c2c1cc(N)c1ccccc21. The molecule has 6 rings (SSSR count). The van der Waals surface area contributed by atoms with Crippen LogP contribution in [0.1, 0.15) is 25.0 Å². The van der Waals surface area contributed by atoms with E-state index in [1.165, 1.54) is 49.9 Å². The summed E-state index contributed by atoms with van der Waals surface area (Å²) in [5.74, 6) is 0. The normalized spacial score (nSPS) is 13.7. The fourth-order valence-corrected chi connectivity index (χ4v) is 5.28. The second kappa shape index (κ2) is 6.83. The molecule has 0 saturated heterocycles. The van der Waals surface area contributed by atoms with E-state index in [-0.39, 0.29) is 5.41 Å². The van der Waals surface area contributed by atoms with Gasteiger partial charge in [0, 0.05) is 16.5 Å². The van der Waals surface area contributed by atoms with E-state index in [0.29, 0.717) is 0 Å². The van der Waals surface area contributed by atoms with Gasteiger partial charge in [0.15, 0.2) is 0 Å². The minimum absolute atomic E-state index is 0.0944. The highest BCUT2D eigenvalue weighted by Gasteiger charge is 2.37. The van der Waals surface area contributed by atoms with Gasteiger partial charge in [-0.2, -0.15) is 0 Å². The van der Waals surface area contributed by atoms with Crippen LogP contribution < -0.4 is 5.73 Å². The summed E-state index contributed by atoms with van der Waals surface area (Å²) in [5.41, 5.74) is 17.6. The molecule has 5 aromatic carbocycles. The van der Waals surface area contributed by atoms with E-state index in [1.807, 2.05) is 0 Å². The highest BCUT2D eigenvalue weighted by molar-refractivity contribution is 6.07. The van der Waals surface area contributed by atoms with Gasteiger partial charge >= 0.3 is 0 Å². The van der Waals surface area contributed by atoms with Crippen molar-refractivity contribution in [2.45, 2.75) is 19.3 Å². The van der Waals surface area contributed by atoms with Crippen molar-refractivity contribution in [3.8, 4) is 33.4 Å². The zero-order valence-corrected chi connectivity index (χ0v) is 18.4. The van der Waals surface area contributed by atoms with Crippen LogP contribution in [0.4, 0.5) is 5.69 Å². The van der Waals surface area contributed by atoms with Crippen LogP contribution >= 0.6 is 0 Å². The molecule has 0 unspecified atom stereocenters. The Morgan fingerprint density at radius 1 is 0.531 bits per heavy atom. The molecule has 5 aromatic rings. The molecule has 32 heavy (non-hydrogen) atoms. The summed E-state index contributed by atoms with van der Waals surface area (Å²) >= 11 is 0. The highest BCUT2D eigenvalue weighted by Crippen LogP contribution is 2.53. The number of benzene rings is 5. The van der Waals surface area contributed by atoms with Crippen molar-refractivity contribution in [3.63, 3.8) is 0 Å². The summed E-state index contributed by atoms with van der Waals surface area (Å²) in [6, 6.07) is 37.0. The van der Waals surface area contributed by atoms with E-state index in [1.54, 1.807) is 0 Å². The van der Waals surface area contributed by atoms with Crippen LogP contribution in [0.3, 0.4) is 0 Å². The Labute approximate surface area is 189 Å². The molecule has 0 atom stereocenters. The van der Waals surface area contributed by atoms with E-state index in [9.17, 15) is 0 Å². The zero-order chi connectivity index (χ0) is 21.9. The van der Waals surface area contributed by atoms with Crippen LogP contribution in [0.25, 0.3) is 44.2 Å². The number of rotatable bonds is 2. The Bertz CT molecular complexity index is 1480. The molecule has 1 aliphatic rings. The molecule has 0 bridgehead atoms. The first kappa shape index (κ1) is 18.9. The first-order valence-electron chi connectivity index (χ1n) is 11.2. The molecule has 0 heterocycles. The second-order valence-corrected chi connectivity index (χ2v) is 9.26. The van der Waals surface area contributed by atoms with E-state index in [2.05, 4.69) is 117 Å². The van der Waals surface area contributed by atoms with Crippen LogP contribution in [-0.4, -0.2) is 0 Å². The zero-order valence-electron chi connectivity index (χ0n) is 18.4. The maximum absolute atomic E-state index is 6.47. The van der Waals surface area contributed by atoms with Gasteiger partial charge in [-0.3, -0.25) is 0 Å². The van der Waals surface area contributed by atoms with Crippen molar-refractivity contribution >= 4 is 16.5 Å². The molecule has 1 heteroatoms. The van der Waals surface area contributed by atoms with E-state index in [4.69, 9.17) is 5.73 Å². The molecule has 1 nitrogen and oxygen atoms in total. The molecule has 2 N–H and O–H groups in total. The number of nitrogens with two attached hydrogens (primary N) is 1. The summed E-state index contributed by atoms with van der Waals surface area (Å²) in [6.07, 6.45) is 0. The molecule has 0 saturated carbocycles. The van der Waals surface area contributed by atoms with Crippen LogP contribution in [0.15, 0.2) is 103 Å². The number of fused-ring (bicyclic) bond motifs is 5. The van der Waals surface area contributed by atoms with E-state index >= 15 is 0 Å². The smallest absolute Gasteiger partial charge is 0.0397 e. The van der Waals surface area contributed by atoms with Crippen LogP contribution in [0.2, 0.25) is 0 Å². The number of nitrogen functional groups attached to an aromatic ring is 1. The van der Waals surface area contributed by atoms with Gasteiger partial charge in [-0.1, -0.05) is 105 Å². The number of anilines is 1. The highest BCUT2D eigenvalue weighted by atomic mass is 14.6. The van der Waals surface area contributed by atoms with Crippen molar-refractivity contribution in [1.82, 2.24) is 0 Å². The van der Waals surface area contributed by atoms with Crippen molar-refractivity contribution in [1.29, 1.82) is 0 Å². The number of hydrogen-bond donors (Lipinski definition) is 1. The van der Waals surface area contributed by atoms with Gasteiger partial charge in [0.2, 0.25) is 0 Å². The predicted molar refractivity (Wildman–Crippen MR) is 137 cm³/mol. The molecule has 0 spiro atoms. The minimum atomic E-state index is -0.0944. The lowest BCUT2D eigenvalue weighted by molar-refractivity contribution is 0.661. The van der Waals surface area contributed by atoms with Gasteiger partial charge in [-0.25, -0.2) is 0 Å². The van der Waals surface area contributed by atoms with Crippen molar-refractivity contribution in [2.24, 2.45) is 0 Å². The topological polar surface area (TPSA) is 26.0 Å². The third kappa shape index (κ3) is 2.71. The summed E-state index contributed by atoms with van der Waals surface area (Å²) in [4.78, 5) is 0. The molecule has 0 amide bonds. The Morgan fingerprint density at radius 2 is 1.09 bits per heavy atom. The molecular weight excluding hydrogens is 386 g/mol. The molecule has 0 fully saturated rings. The lowest BCUT2D eigenvalue weighted by atomic mass is 9.81. The van der Waals surface area contributed by atoms with E-state index in [0.717, 1.165) is 11.1 Å². The van der Waals surface area contributed by atoms with Gasteiger partial charge in [-0.15, -0.1) is 0 Å². The van der Waals surface area contributed by atoms with Crippen molar-refractivity contribution in [2.75, 3.05) is 5.73 Å². The largest absolute Gasteiger partial charge is 0.398 e. The predicted octanol–water partition coefficient (Wildman–Crippen LogP) is 8.06. The quantitative estimate of drug-likeness (QED) is 0.292. The minimum Gasteiger partial charge on any atom is -0.398 e. The van der Waals surface area contributed by atoms with Crippen LogP contribution in [0.5, 0.6) is 0 Å². The maximum atomic E-state index is 6.47. The van der Waals surface area contributed by atoms with Crippen LogP contribution in [0, 0.1) is 0 Å². The van der Waals surface area contributed by atoms with Gasteiger partial charge in [0.05, 0.1) is 0 Å². The lowest BCUT2D eigenvalue weighted by Crippen LogP contribution is -2.15. The van der Waals surface area contributed by atoms with E-state index < -0.39 is 0 Å². The summed E-state index contributed by atoms with van der Waals surface area (Å²) in [6.45, 7) is 4.63. The first-order chi connectivity index (χ1) is 15.5. The monoisotopic (exact) mass is 411 g/mol.